The van der Waals surface area contributed by atoms with Gasteiger partial charge in [-0.25, -0.2) is 0 Å². The summed E-state index contributed by atoms with van der Waals surface area (Å²) in [5.41, 5.74) is 0.193. The fourth-order valence-corrected chi connectivity index (χ4v) is 4.01. The van der Waals surface area contributed by atoms with Crippen molar-refractivity contribution in [3.63, 3.8) is 0 Å². The normalized spacial score (nSPS) is 27.3. The summed E-state index contributed by atoms with van der Waals surface area (Å²) in [4.78, 5) is 0. The lowest BCUT2D eigenvalue weighted by molar-refractivity contribution is -0.0599. The zero-order valence-electron chi connectivity index (χ0n) is 14.7. The van der Waals surface area contributed by atoms with Crippen LogP contribution in [0.15, 0.2) is 0 Å². The lowest BCUT2D eigenvalue weighted by atomic mass is 9.69. The standard InChI is InChI=1S/C18H37NO/c1-7-14-12-10-11-13-15(14)16(19-8-2)17(20-9-3)18(4,5)6/h14-17,19H,7-13H2,1-6H3. The molecule has 1 aliphatic rings. The van der Waals surface area contributed by atoms with Gasteiger partial charge in [-0.3, -0.25) is 0 Å². The van der Waals surface area contributed by atoms with Crippen molar-refractivity contribution in [2.45, 2.75) is 85.8 Å². The van der Waals surface area contributed by atoms with Crippen LogP contribution in [0.25, 0.3) is 0 Å². The summed E-state index contributed by atoms with van der Waals surface area (Å²) in [5, 5.41) is 3.78. The highest BCUT2D eigenvalue weighted by molar-refractivity contribution is 4.94. The molecular formula is C18H37NO. The zero-order chi connectivity index (χ0) is 15.2. The van der Waals surface area contributed by atoms with E-state index in [2.05, 4.69) is 46.9 Å². The van der Waals surface area contributed by atoms with Gasteiger partial charge >= 0.3 is 0 Å². The minimum absolute atomic E-state index is 0.193. The SMILES string of the molecule is CCNC(C1CCCCC1CC)C(OCC)C(C)(C)C. The van der Waals surface area contributed by atoms with E-state index in [0.717, 1.165) is 25.0 Å². The fraction of sp³-hybridized carbons (Fsp3) is 1.00. The van der Waals surface area contributed by atoms with Crippen molar-refractivity contribution in [3.05, 3.63) is 0 Å². The zero-order valence-corrected chi connectivity index (χ0v) is 14.7. The first-order valence-corrected chi connectivity index (χ1v) is 8.80. The molecule has 2 heteroatoms. The number of rotatable bonds is 7. The van der Waals surface area contributed by atoms with Gasteiger partial charge in [-0.2, -0.15) is 0 Å². The van der Waals surface area contributed by atoms with E-state index in [1.54, 1.807) is 0 Å². The molecule has 120 valence electrons. The third kappa shape index (κ3) is 4.73. The molecular weight excluding hydrogens is 246 g/mol. The van der Waals surface area contributed by atoms with Crippen LogP contribution in [0.5, 0.6) is 0 Å². The van der Waals surface area contributed by atoms with Crippen molar-refractivity contribution in [2.24, 2.45) is 17.3 Å². The van der Waals surface area contributed by atoms with E-state index in [0.29, 0.717) is 12.1 Å². The Kier molecular flexibility index (Phi) is 7.53. The highest BCUT2D eigenvalue weighted by Crippen LogP contribution is 2.39. The van der Waals surface area contributed by atoms with Crippen LogP contribution in [0.1, 0.15) is 73.6 Å². The van der Waals surface area contributed by atoms with Gasteiger partial charge in [0.25, 0.3) is 0 Å². The molecule has 1 aliphatic carbocycles. The summed E-state index contributed by atoms with van der Waals surface area (Å²) in [6, 6.07) is 0.505. The first-order chi connectivity index (χ1) is 9.45. The Labute approximate surface area is 127 Å². The second-order valence-electron chi connectivity index (χ2n) is 7.44. The predicted molar refractivity (Wildman–Crippen MR) is 88.1 cm³/mol. The monoisotopic (exact) mass is 283 g/mol. The van der Waals surface area contributed by atoms with Crippen LogP contribution in [0, 0.1) is 17.3 Å². The molecule has 0 spiro atoms. The summed E-state index contributed by atoms with van der Waals surface area (Å²) in [7, 11) is 0. The van der Waals surface area contributed by atoms with Crippen LogP contribution >= 0.6 is 0 Å². The van der Waals surface area contributed by atoms with E-state index >= 15 is 0 Å². The molecule has 1 rings (SSSR count). The summed E-state index contributed by atoms with van der Waals surface area (Å²) in [5.74, 6) is 1.66. The Morgan fingerprint density at radius 3 is 2.25 bits per heavy atom. The van der Waals surface area contributed by atoms with Crippen molar-refractivity contribution in [2.75, 3.05) is 13.2 Å². The van der Waals surface area contributed by atoms with Crippen LogP contribution in [0.2, 0.25) is 0 Å². The number of hydrogen-bond acceptors (Lipinski definition) is 2. The highest BCUT2D eigenvalue weighted by Gasteiger charge is 2.40. The van der Waals surface area contributed by atoms with E-state index in [9.17, 15) is 0 Å². The summed E-state index contributed by atoms with van der Waals surface area (Å²) in [6.45, 7) is 15.5. The van der Waals surface area contributed by atoms with E-state index in [4.69, 9.17) is 4.74 Å². The lowest BCUT2D eigenvalue weighted by Gasteiger charge is -2.45. The van der Waals surface area contributed by atoms with Gasteiger partial charge in [0, 0.05) is 12.6 Å². The maximum absolute atomic E-state index is 6.20. The van der Waals surface area contributed by atoms with E-state index in [1.807, 2.05) is 0 Å². The second-order valence-corrected chi connectivity index (χ2v) is 7.44. The average molecular weight is 284 g/mol. The number of likely N-dealkylation sites (N-methyl/N-ethyl adjacent to an activating group) is 1. The van der Waals surface area contributed by atoms with Crippen LogP contribution < -0.4 is 5.32 Å². The summed E-state index contributed by atoms with van der Waals surface area (Å²) in [6.07, 6.45) is 7.22. The largest absolute Gasteiger partial charge is 0.376 e. The Balaban J connectivity index is 2.93. The topological polar surface area (TPSA) is 21.3 Å². The molecule has 0 aromatic carbocycles. The fourth-order valence-electron chi connectivity index (χ4n) is 4.01. The molecule has 0 amide bonds. The van der Waals surface area contributed by atoms with Crippen molar-refractivity contribution in [1.29, 1.82) is 0 Å². The maximum atomic E-state index is 6.20. The lowest BCUT2D eigenvalue weighted by Crippen LogP contribution is -2.54. The van der Waals surface area contributed by atoms with Gasteiger partial charge < -0.3 is 10.1 Å². The highest BCUT2D eigenvalue weighted by atomic mass is 16.5. The van der Waals surface area contributed by atoms with Crippen molar-refractivity contribution in [1.82, 2.24) is 5.32 Å². The Morgan fingerprint density at radius 2 is 1.75 bits per heavy atom. The van der Waals surface area contributed by atoms with Gasteiger partial charge in [0.2, 0.25) is 0 Å². The molecule has 2 nitrogen and oxygen atoms in total. The van der Waals surface area contributed by atoms with Crippen LogP contribution in [0.3, 0.4) is 0 Å². The van der Waals surface area contributed by atoms with Crippen LogP contribution in [-0.4, -0.2) is 25.3 Å². The first kappa shape index (κ1) is 18.0. The number of nitrogens with one attached hydrogen (secondary N) is 1. The molecule has 0 aromatic rings. The minimum atomic E-state index is 0.193. The molecule has 20 heavy (non-hydrogen) atoms. The molecule has 4 unspecified atom stereocenters. The van der Waals surface area contributed by atoms with E-state index in [1.165, 1.54) is 32.1 Å². The molecule has 1 N–H and O–H groups in total. The minimum Gasteiger partial charge on any atom is -0.376 e. The maximum Gasteiger partial charge on any atom is 0.0778 e. The van der Waals surface area contributed by atoms with Crippen molar-refractivity contribution in [3.8, 4) is 0 Å². The van der Waals surface area contributed by atoms with Gasteiger partial charge in [0.1, 0.15) is 0 Å². The predicted octanol–water partition coefficient (Wildman–Crippen LogP) is 4.63. The molecule has 0 aromatic heterocycles. The second kappa shape index (κ2) is 8.38. The van der Waals surface area contributed by atoms with Gasteiger partial charge in [-0.1, -0.05) is 60.3 Å². The van der Waals surface area contributed by atoms with Gasteiger partial charge in [0.05, 0.1) is 6.10 Å². The molecule has 0 heterocycles. The Bertz CT molecular complexity index is 259. The van der Waals surface area contributed by atoms with Crippen LogP contribution in [-0.2, 0) is 4.74 Å². The molecule has 0 aliphatic heterocycles. The van der Waals surface area contributed by atoms with E-state index in [-0.39, 0.29) is 5.41 Å². The number of hydrogen-bond donors (Lipinski definition) is 1. The third-order valence-corrected chi connectivity index (χ3v) is 4.92. The van der Waals surface area contributed by atoms with E-state index < -0.39 is 0 Å². The molecule has 4 atom stereocenters. The van der Waals surface area contributed by atoms with Gasteiger partial charge in [0.15, 0.2) is 0 Å². The average Bonchev–Trinajstić information content (AvgIpc) is 2.41. The third-order valence-electron chi connectivity index (χ3n) is 4.92. The smallest absolute Gasteiger partial charge is 0.0778 e. The quantitative estimate of drug-likeness (QED) is 0.735. The molecule has 0 saturated heterocycles. The Morgan fingerprint density at radius 1 is 1.10 bits per heavy atom. The van der Waals surface area contributed by atoms with Crippen molar-refractivity contribution < 1.29 is 4.74 Å². The Hall–Kier alpha value is -0.0800. The summed E-state index contributed by atoms with van der Waals surface area (Å²) < 4.78 is 6.20. The summed E-state index contributed by atoms with van der Waals surface area (Å²) >= 11 is 0. The number of ether oxygens (including phenoxy) is 1. The molecule has 0 radical (unpaired) electrons. The molecule has 1 saturated carbocycles. The van der Waals surface area contributed by atoms with Gasteiger partial charge in [-0.15, -0.1) is 0 Å². The van der Waals surface area contributed by atoms with Crippen molar-refractivity contribution >= 4 is 0 Å². The van der Waals surface area contributed by atoms with Gasteiger partial charge in [-0.05, 0) is 37.1 Å². The molecule has 1 fully saturated rings. The first-order valence-electron chi connectivity index (χ1n) is 8.80. The van der Waals surface area contributed by atoms with Crippen LogP contribution in [0.4, 0.5) is 0 Å². The molecule has 0 bridgehead atoms.